The lowest BCUT2D eigenvalue weighted by Gasteiger charge is -2.21. The van der Waals surface area contributed by atoms with E-state index in [1.807, 2.05) is 44.2 Å². The van der Waals surface area contributed by atoms with Gasteiger partial charge in [-0.1, -0.05) is 25.1 Å². The van der Waals surface area contributed by atoms with Gasteiger partial charge in [0.15, 0.2) is 0 Å². The highest BCUT2D eigenvalue weighted by atomic mass is 32.2. The molecule has 2 amide bonds. The second-order valence-electron chi connectivity index (χ2n) is 6.88. The molecule has 1 heterocycles. The van der Waals surface area contributed by atoms with Gasteiger partial charge < -0.3 is 15.5 Å². The number of hydrogen-bond donors (Lipinski definition) is 2. The minimum atomic E-state index is -0.176. The van der Waals surface area contributed by atoms with Crippen LogP contribution < -0.4 is 15.5 Å². The van der Waals surface area contributed by atoms with Crippen molar-refractivity contribution in [1.82, 2.24) is 0 Å². The molecule has 3 rings (SSSR count). The van der Waals surface area contributed by atoms with Gasteiger partial charge in [0.1, 0.15) is 0 Å². The Morgan fingerprint density at radius 1 is 1.04 bits per heavy atom. The molecule has 2 N–H and O–H groups in total. The van der Waals surface area contributed by atoms with Crippen LogP contribution in [0.2, 0.25) is 0 Å². The lowest BCUT2D eigenvalue weighted by molar-refractivity contribution is -0.113. The predicted molar refractivity (Wildman–Crippen MR) is 119 cm³/mol. The van der Waals surface area contributed by atoms with Crippen molar-refractivity contribution in [1.29, 1.82) is 0 Å². The van der Waals surface area contributed by atoms with E-state index in [2.05, 4.69) is 15.5 Å². The van der Waals surface area contributed by atoms with Crippen LogP contribution in [0.4, 0.5) is 17.1 Å². The largest absolute Gasteiger partial charge is 0.370 e. The van der Waals surface area contributed by atoms with Crippen LogP contribution in [0.15, 0.2) is 42.5 Å². The first kappa shape index (κ1) is 20.3. The Labute approximate surface area is 170 Å². The molecule has 1 saturated heterocycles. The number of aryl methyl sites for hydroxylation is 1. The third kappa shape index (κ3) is 5.07. The van der Waals surface area contributed by atoms with E-state index in [9.17, 15) is 9.59 Å². The van der Waals surface area contributed by atoms with Crippen LogP contribution in [0.5, 0.6) is 0 Å². The molecule has 0 saturated carbocycles. The second-order valence-corrected chi connectivity index (χ2v) is 8.15. The molecule has 1 aliphatic rings. The zero-order valence-corrected chi connectivity index (χ0v) is 17.3. The molecule has 2 aromatic carbocycles. The Morgan fingerprint density at radius 2 is 1.79 bits per heavy atom. The maximum absolute atomic E-state index is 12.9. The number of anilines is 3. The zero-order chi connectivity index (χ0) is 19.9. The molecule has 0 atom stereocenters. The summed E-state index contributed by atoms with van der Waals surface area (Å²) in [4.78, 5) is 27.2. The van der Waals surface area contributed by atoms with Gasteiger partial charge in [-0.25, -0.2) is 0 Å². The standard InChI is InChI=1S/C22H27N3O2S/c1-3-28-15-21(26)23-19-14-17(11-10-16(19)2)22(27)24-18-8-4-5-9-20(18)25-12-6-7-13-25/h4-5,8-11,14H,3,6-7,12-13,15H2,1-2H3,(H,23,26)(H,24,27). The van der Waals surface area contributed by atoms with E-state index >= 15 is 0 Å². The Balaban J connectivity index is 1.75. The number of para-hydroxylation sites is 2. The van der Waals surface area contributed by atoms with Gasteiger partial charge in [-0.3, -0.25) is 9.59 Å². The van der Waals surface area contributed by atoms with Crippen molar-refractivity contribution in [2.24, 2.45) is 0 Å². The van der Waals surface area contributed by atoms with E-state index in [4.69, 9.17) is 0 Å². The Hall–Kier alpha value is -2.47. The molecular weight excluding hydrogens is 370 g/mol. The van der Waals surface area contributed by atoms with Crippen molar-refractivity contribution >= 4 is 40.6 Å². The number of carbonyl (C=O) groups is 2. The summed E-state index contributed by atoms with van der Waals surface area (Å²) in [5.41, 5.74) is 4.02. The molecule has 0 radical (unpaired) electrons. The van der Waals surface area contributed by atoms with Crippen LogP contribution in [-0.4, -0.2) is 36.4 Å². The highest BCUT2D eigenvalue weighted by Crippen LogP contribution is 2.29. The molecular formula is C22H27N3O2S. The van der Waals surface area contributed by atoms with Crippen molar-refractivity contribution in [2.75, 3.05) is 40.1 Å². The molecule has 0 spiro atoms. The highest BCUT2D eigenvalue weighted by molar-refractivity contribution is 7.99. The zero-order valence-electron chi connectivity index (χ0n) is 16.5. The van der Waals surface area contributed by atoms with E-state index < -0.39 is 0 Å². The van der Waals surface area contributed by atoms with Gasteiger partial charge in [-0.05, 0) is 55.3 Å². The van der Waals surface area contributed by atoms with Crippen LogP contribution in [0.25, 0.3) is 0 Å². The predicted octanol–water partition coefficient (Wildman–Crippen LogP) is 4.54. The average molecular weight is 398 g/mol. The molecule has 0 aromatic heterocycles. The fourth-order valence-electron chi connectivity index (χ4n) is 3.29. The maximum atomic E-state index is 12.9. The maximum Gasteiger partial charge on any atom is 0.255 e. The summed E-state index contributed by atoms with van der Waals surface area (Å²) in [6.07, 6.45) is 2.36. The van der Waals surface area contributed by atoms with Crippen molar-refractivity contribution in [3.8, 4) is 0 Å². The first-order valence-corrected chi connectivity index (χ1v) is 10.9. The van der Waals surface area contributed by atoms with E-state index in [-0.39, 0.29) is 11.8 Å². The first-order valence-electron chi connectivity index (χ1n) is 9.72. The van der Waals surface area contributed by atoms with Crippen molar-refractivity contribution in [2.45, 2.75) is 26.7 Å². The number of carbonyl (C=O) groups excluding carboxylic acids is 2. The number of hydrogen-bond acceptors (Lipinski definition) is 4. The summed E-state index contributed by atoms with van der Waals surface area (Å²) in [5, 5.41) is 5.95. The summed E-state index contributed by atoms with van der Waals surface area (Å²) in [6, 6.07) is 13.3. The van der Waals surface area contributed by atoms with Crippen LogP contribution in [0.3, 0.4) is 0 Å². The number of thioether (sulfide) groups is 1. The van der Waals surface area contributed by atoms with Crippen molar-refractivity contribution in [3.63, 3.8) is 0 Å². The quantitative estimate of drug-likeness (QED) is 0.720. The summed E-state index contributed by atoms with van der Waals surface area (Å²) < 4.78 is 0. The topological polar surface area (TPSA) is 61.4 Å². The Kier molecular flexibility index (Phi) is 6.98. The van der Waals surface area contributed by atoms with Gasteiger partial charge >= 0.3 is 0 Å². The first-order chi connectivity index (χ1) is 13.6. The molecule has 0 aliphatic carbocycles. The normalized spacial score (nSPS) is 13.4. The molecule has 1 fully saturated rings. The third-order valence-electron chi connectivity index (χ3n) is 4.81. The molecule has 148 valence electrons. The van der Waals surface area contributed by atoms with Crippen LogP contribution in [0.1, 0.15) is 35.7 Å². The van der Waals surface area contributed by atoms with Gasteiger partial charge in [-0.15, -0.1) is 0 Å². The van der Waals surface area contributed by atoms with Crippen molar-refractivity contribution < 1.29 is 9.59 Å². The number of benzene rings is 2. The summed E-state index contributed by atoms with van der Waals surface area (Å²) in [7, 11) is 0. The fraction of sp³-hybridized carbons (Fsp3) is 0.364. The van der Waals surface area contributed by atoms with E-state index in [0.29, 0.717) is 17.0 Å². The van der Waals surface area contributed by atoms with Crippen LogP contribution >= 0.6 is 11.8 Å². The average Bonchev–Trinajstić information content (AvgIpc) is 3.23. The van der Waals surface area contributed by atoms with Crippen molar-refractivity contribution in [3.05, 3.63) is 53.6 Å². The molecule has 5 nitrogen and oxygen atoms in total. The minimum absolute atomic E-state index is 0.0492. The third-order valence-corrected chi connectivity index (χ3v) is 5.68. The molecule has 28 heavy (non-hydrogen) atoms. The number of amides is 2. The Bertz CT molecular complexity index is 847. The molecule has 2 aromatic rings. The second kappa shape index (κ2) is 9.64. The van der Waals surface area contributed by atoms with Gasteiger partial charge in [0.05, 0.1) is 17.1 Å². The van der Waals surface area contributed by atoms with Gasteiger partial charge in [0.25, 0.3) is 5.91 Å². The molecule has 6 heteroatoms. The smallest absolute Gasteiger partial charge is 0.255 e. The SMILES string of the molecule is CCSCC(=O)Nc1cc(C(=O)Nc2ccccc2N2CCCC2)ccc1C. The monoisotopic (exact) mass is 397 g/mol. The molecule has 0 bridgehead atoms. The van der Waals surface area contributed by atoms with E-state index in [0.717, 1.165) is 35.8 Å². The lowest BCUT2D eigenvalue weighted by atomic mass is 10.1. The summed E-state index contributed by atoms with van der Waals surface area (Å²) >= 11 is 1.57. The summed E-state index contributed by atoms with van der Waals surface area (Å²) in [6.45, 7) is 5.98. The van der Waals surface area contributed by atoms with E-state index in [1.54, 1.807) is 23.9 Å². The van der Waals surface area contributed by atoms with Gasteiger partial charge in [-0.2, -0.15) is 11.8 Å². The fourth-order valence-corrected chi connectivity index (χ4v) is 3.75. The lowest BCUT2D eigenvalue weighted by Crippen LogP contribution is -2.21. The van der Waals surface area contributed by atoms with E-state index in [1.165, 1.54) is 12.8 Å². The van der Waals surface area contributed by atoms with Gasteiger partial charge in [0, 0.05) is 24.3 Å². The summed E-state index contributed by atoms with van der Waals surface area (Å²) in [5.74, 6) is 1.08. The highest BCUT2D eigenvalue weighted by Gasteiger charge is 2.17. The Morgan fingerprint density at radius 3 is 2.54 bits per heavy atom. The number of nitrogens with one attached hydrogen (secondary N) is 2. The number of nitrogens with zero attached hydrogens (tertiary/aromatic N) is 1. The van der Waals surface area contributed by atoms with Gasteiger partial charge in [0.2, 0.25) is 5.91 Å². The molecule has 1 aliphatic heterocycles. The van der Waals surface area contributed by atoms with Crippen LogP contribution in [-0.2, 0) is 4.79 Å². The minimum Gasteiger partial charge on any atom is -0.370 e. The molecule has 0 unspecified atom stereocenters. The number of rotatable bonds is 7. The van der Waals surface area contributed by atoms with Crippen LogP contribution in [0, 0.1) is 6.92 Å².